The Bertz CT molecular complexity index is 1180. The van der Waals surface area contributed by atoms with Crippen LogP contribution in [0, 0.1) is 24.4 Å². The van der Waals surface area contributed by atoms with Crippen molar-refractivity contribution in [1.29, 1.82) is 0 Å². The van der Waals surface area contributed by atoms with Crippen molar-refractivity contribution in [3.8, 4) is 11.4 Å². The maximum atomic E-state index is 13.4. The molecule has 4 rings (SSSR count). The van der Waals surface area contributed by atoms with Gasteiger partial charge in [-0.3, -0.25) is 0 Å². The molecule has 7 nitrogen and oxygen atoms in total. The van der Waals surface area contributed by atoms with Crippen LogP contribution in [0.4, 0.5) is 24.8 Å². The predicted octanol–water partition coefficient (Wildman–Crippen LogP) is 3.99. The molecule has 154 valence electrons. The molecule has 0 unspecified atom stereocenters. The highest BCUT2D eigenvalue weighted by atomic mass is 19.2. The molecule has 0 aliphatic rings. The number of aromatic nitrogens is 5. The maximum Gasteiger partial charge on any atom is 0.246 e. The minimum atomic E-state index is -1.50. The molecule has 30 heavy (non-hydrogen) atoms. The Morgan fingerprint density at radius 3 is 2.47 bits per heavy atom. The van der Waals surface area contributed by atoms with Crippen molar-refractivity contribution in [2.75, 3.05) is 12.4 Å². The lowest BCUT2D eigenvalue weighted by molar-refractivity contribution is 0.413. The quantitative estimate of drug-likeness (QED) is 0.483. The number of aryl methyl sites for hydroxylation is 1. The number of ether oxygens (including phenoxy) is 1. The van der Waals surface area contributed by atoms with E-state index in [0.29, 0.717) is 11.4 Å². The standard InChI is InChI=1S/C20H17F3N6O/c1-12-8-28(10-24-12)17-4-3-14(7-18(17)30-2)26-20-25-11-29(27-20)9-13-5-15(21)19(23)16(22)6-13/h3-8,10-11H,9H2,1-2H3,(H,26,27). The monoisotopic (exact) mass is 414 g/mol. The van der Waals surface area contributed by atoms with E-state index in [1.165, 1.54) is 11.0 Å². The third kappa shape index (κ3) is 3.97. The zero-order chi connectivity index (χ0) is 21.3. The molecule has 4 aromatic rings. The summed E-state index contributed by atoms with van der Waals surface area (Å²) in [6.07, 6.45) is 4.99. The average Bonchev–Trinajstić information content (AvgIpc) is 3.34. The molecule has 0 amide bonds. The van der Waals surface area contributed by atoms with Gasteiger partial charge in [-0.1, -0.05) is 0 Å². The number of nitrogens with one attached hydrogen (secondary N) is 1. The van der Waals surface area contributed by atoms with Gasteiger partial charge in [0.15, 0.2) is 17.5 Å². The van der Waals surface area contributed by atoms with Crippen LogP contribution < -0.4 is 10.1 Å². The second-order valence-corrected chi connectivity index (χ2v) is 6.57. The van der Waals surface area contributed by atoms with Gasteiger partial charge in [0, 0.05) is 18.0 Å². The van der Waals surface area contributed by atoms with Gasteiger partial charge in [-0.25, -0.2) is 27.8 Å². The Morgan fingerprint density at radius 1 is 1.03 bits per heavy atom. The van der Waals surface area contributed by atoms with Gasteiger partial charge in [0.1, 0.15) is 12.1 Å². The Morgan fingerprint density at radius 2 is 1.80 bits per heavy atom. The van der Waals surface area contributed by atoms with Crippen LogP contribution in [0.1, 0.15) is 11.3 Å². The number of imidazole rings is 1. The van der Waals surface area contributed by atoms with Crippen LogP contribution in [0.25, 0.3) is 5.69 Å². The highest BCUT2D eigenvalue weighted by Gasteiger charge is 2.12. The molecule has 2 aromatic carbocycles. The highest BCUT2D eigenvalue weighted by molar-refractivity contribution is 5.61. The van der Waals surface area contributed by atoms with Crippen LogP contribution >= 0.6 is 0 Å². The third-order valence-electron chi connectivity index (χ3n) is 4.35. The normalized spacial score (nSPS) is 11.0. The van der Waals surface area contributed by atoms with Crippen molar-refractivity contribution in [2.24, 2.45) is 0 Å². The van der Waals surface area contributed by atoms with Crippen LogP contribution in [-0.2, 0) is 6.54 Å². The van der Waals surface area contributed by atoms with E-state index in [9.17, 15) is 13.2 Å². The van der Waals surface area contributed by atoms with E-state index in [2.05, 4.69) is 20.4 Å². The summed E-state index contributed by atoms with van der Waals surface area (Å²) in [5.74, 6) is -3.09. The number of methoxy groups -OCH3 is 1. The summed E-state index contributed by atoms with van der Waals surface area (Å²) in [6.45, 7) is 1.93. The average molecular weight is 414 g/mol. The van der Waals surface area contributed by atoms with Gasteiger partial charge in [0.25, 0.3) is 0 Å². The SMILES string of the molecule is COc1cc(Nc2ncn(Cc3cc(F)c(F)c(F)c3)n2)ccc1-n1cnc(C)c1. The van der Waals surface area contributed by atoms with Crippen LogP contribution in [-0.4, -0.2) is 31.4 Å². The number of anilines is 2. The molecule has 0 aliphatic heterocycles. The summed E-state index contributed by atoms with van der Waals surface area (Å²) in [6, 6.07) is 7.33. The lowest BCUT2D eigenvalue weighted by atomic mass is 10.2. The lowest BCUT2D eigenvalue weighted by Gasteiger charge is -2.11. The first-order chi connectivity index (χ1) is 14.4. The number of benzene rings is 2. The summed E-state index contributed by atoms with van der Waals surface area (Å²) in [5.41, 5.74) is 2.62. The smallest absolute Gasteiger partial charge is 0.246 e. The molecular weight excluding hydrogens is 397 g/mol. The van der Waals surface area contributed by atoms with Crippen LogP contribution in [0.3, 0.4) is 0 Å². The number of hydrogen-bond donors (Lipinski definition) is 1. The second-order valence-electron chi connectivity index (χ2n) is 6.57. The minimum absolute atomic E-state index is 0.0328. The van der Waals surface area contributed by atoms with Crippen LogP contribution in [0.2, 0.25) is 0 Å². The third-order valence-corrected chi connectivity index (χ3v) is 4.35. The van der Waals surface area contributed by atoms with Gasteiger partial charge in [-0.2, -0.15) is 0 Å². The number of halogens is 3. The highest BCUT2D eigenvalue weighted by Crippen LogP contribution is 2.28. The van der Waals surface area contributed by atoms with E-state index in [4.69, 9.17) is 4.74 Å². The van der Waals surface area contributed by atoms with Gasteiger partial charge < -0.3 is 14.6 Å². The predicted molar refractivity (Wildman–Crippen MR) is 104 cm³/mol. The van der Waals surface area contributed by atoms with Crippen molar-refractivity contribution < 1.29 is 17.9 Å². The molecule has 1 N–H and O–H groups in total. The first-order valence-corrected chi connectivity index (χ1v) is 8.92. The summed E-state index contributed by atoms with van der Waals surface area (Å²) >= 11 is 0. The minimum Gasteiger partial charge on any atom is -0.494 e. The van der Waals surface area contributed by atoms with Crippen molar-refractivity contribution in [2.45, 2.75) is 13.5 Å². The summed E-state index contributed by atoms with van der Waals surface area (Å²) in [7, 11) is 1.57. The Balaban J connectivity index is 1.51. The van der Waals surface area contributed by atoms with Gasteiger partial charge in [0.2, 0.25) is 5.95 Å². The number of rotatable bonds is 6. The molecule has 0 saturated carbocycles. The van der Waals surface area contributed by atoms with Crippen molar-refractivity contribution in [3.05, 3.63) is 77.9 Å². The van der Waals surface area contributed by atoms with E-state index < -0.39 is 17.5 Å². The molecule has 0 radical (unpaired) electrons. The number of hydrogen-bond acceptors (Lipinski definition) is 5. The topological polar surface area (TPSA) is 69.8 Å². The van der Waals surface area contributed by atoms with E-state index in [-0.39, 0.29) is 18.1 Å². The van der Waals surface area contributed by atoms with Crippen LogP contribution in [0.15, 0.2) is 49.2 Å². The fourth-order valence-electron chi connectivity index (χ4n) is 2.97. The first-order valence-electron chi connectivity index (χ1n) is 8.92. The maximum absolute atomic E-state index is 13.4. The molecule has 2 heterocycles. The molecule has 2 aromatic heterocycles. The van der Waals surface area contributed by atoms with Crippen LogP contribution in [0.5, 0.6) is 5.75 Å². The van der Waals surface area contributed by atoms with Crippen molar-refractivity contribution in [1.82, 2.24) is 24.3 Å². The molecule has 0 spiro atoms. The Kier molecular flexibility index (Phi) is 5.13. The summed E-state index contributed by atoms with van der Waals surface area (Å²) in [5, 5.41) is 7.27. The zero-order valence-corrected chi connectivity index (χ0v) is 16.1. The molecular formula is C20H17F3N6O. The van der Waals surface area contributed by atoms with E-state index in [1.54, 1.807) is 19.5 Å². The zero-order valence-electron chi connectivity index (χ0n) is 16.1. The largest absolute Gasteiger partial charge is 0.494 e. The second kappa shape index (κ2) is 7.90. The van der Waals surface area contributed by atoms with Crippen molar-refractivity contribution >= 4 is 11.6 Å². The summed E-state index contributed by atoms with van der Waals surface area (Å²) in [4.78, 5) is 8.35. The first kappa shape index (κ1) is 19.5. The lowest BCUT2D eigenvalue weighted by Crippen LogP contribution is -2.04. The molecule has 0 fully saturated rings. The Labute approximate surface area is 169 Å². The van der Waals surface area contributed by atoms with Crippen molar-refractivity contribution in [3.63, 3.8) is 0 Å². The van der Waals surface area contributed by atoms with Gasteiger partial charge in [-0.05, 0) is 36.8 Å². The van der Waals surface area contributed by atoms with E-state index in [1.807, 2.05) is 29.8 Å². The Hall–Kier alpha value is -3.82. The van der Waals surface area contributed by atoms with Gasteiger partial charge in [0.05, 0.1) is 31.4 Å². The van der Waals surface area contributed by atoms with Gasteiger partial charge >= 0.3 is 0 Å². The summed E-state index contributed by atoms with van der Waals surface area (Å²) < 4.78 is 48.5. The molecule has 0 saturated heterocycles. The molecule has 0 aliphatic carbocycles. The molecule has 0 bridgehead atoms. The van der Waals surface area contributed by atoms with Gasteiger partial charge in [-0.15, -0.1) is 5.10 Å². The molecule has 0 atom stereocenters. The fourth-order valence-corrected chi connectivity index (χ4v) is 2.97. The van der Waals surface area contributed by atoms with E-state index in [0.717, 1.165) is 23.5 Å². The van der Waals surface area contributed by atoms with E-state index >= 15 is 0 Å². The number of nitrogens with zero attached hydrogens (tertiary/aromatic N) is 5. The fraction of sp³-hybridized carbons (Fsp3) is 0.150. The molecule has 10 heteroatoms.